The molecule has 0 radical (unpaired) electrons. The zero-order valence-electron chi connectivity index (χ0n) is 11.6. The van der Waals surface area contributed by atoms with Crippen LogP contribution in [0.3, 0.4) is 0 Å². The van der Waals surface area contributed by atoms with Crippen molar-refractivity contribution in [3.05, 3.63) is 0 Å². The molecule has 1 saturated heterocycles. The molecule has 2 heteroatoms. The molecule has 1 heterocycles. The summed E-state index contributed by atoms with van der Waals surface area (Å²) in [4.78, 5) is 2.64. The van der Waals surface area contributed by atoms with Crippen molar-refractivity contribution in [1.29, 1.82) is 0 Å². The van der Waals surface area contributed by atoms with Crippen LogP contribution >= 0.6 is 0 Å². The Labute approximate surface area is 102 Å². The van der Waals surface area contributed by atoms with Gasteiger partial charge in [-0.3, -0.25) is 0 Å². The highest BCUT2D eigenvalue weighted by Crippen LogP contribution is 2.17. The lowest BCUT2D eigenvalue weighted by Gasteiger charge is -2.32. The van der Waals surface area contributed by atoms with E-state index >= 15 is 0 Å². The van der Waals surface area contributed by atoms with E-state index < -0.39 is 0 Å². The fourth-order valence-electron chi connectivity index (χ4n) is 2.26. The van der Waals surface area contributed by atoms with Gasteiger partial charge >= 0.3 is 0 Å². The van der Waals surface area contributed by atoms with Crippen molar-refractivity contribution in [1.82, 2.24) is 10.2 Å². The Balaban J connectivity index is 2.09. The monoisotopic (exact) mass is 226 g/mol. The van der Waals surface area contributed by atoms with Gasteiger partial charge in [0.05, 0.1) is 0 Å². The Morgan fingerprint density at radius 1 is 1.12 bits per heavy atom. The highest BCUT2D eigenvalue weighted by molar-refractivity contribution is 4.74. The highest BCUT2D eigenvalue weighted by Gasteiger charge is 2.18. The Bertz CT molecular complexity index is 150. The lowest BCUT2D eigenvalue weighted by molar-refractivity contribution is 0.173. The molecule has 0 unspecified atom stereocenters. The van der Waals surface area contributed by atoms with Crippen molar-refractivity contribution >= 4 is 0 Å². The maximum absolute atomic E-state index is 3.56. The van der Waals surface area contributed by atoms with Crippen LogP contribution in [-0.4, -0.2) is 37.1 Å². The summed E-state index contributed by atoms with van der Waals surface area (Å²) in [6.07, 6.45) is 4.13. The van der Waals surface area contributed by atoms with Crippen LogP contribution in [0.2, 0.25) is 0 Å². The van der Waals surface area contributed by atoms with Gasteiger partial charge in [-0.25, -0.2) is 0 Å². The van der Waals surface area contributed by atoms with E-state index in [1.54, 1.807) is 0 Å². The van der Waals surface area contributed by atoms with Gasteiger partial charge in [-0.15, -0.1) is 0 Å². The molecule has 96 valence electrons. The SMILES string of the molecule is CC(C)CCN1CCC(CNC(C)C)CC1. The van der Waals surface area contributed by atoms with Gasteiger partial charge < -0.3 is 10.2 Å². The van der Waals surface area contributed by atoms with E-state index in [-0.39, 0.29) is 0 Å². The minimum atomic E-state index is 0.638. The van der Waals surface area contributed by atoms with Gasteiger partial charge in [0.15, 0.2) is 0 Å². The van der Waals surface area contributed by atoms with Crippen molar-refractivity contribution in [3.63, 3.8) is 0 Å². The first-order chi connectivity index (χ1) is 7.58. The second-order valence-corrected chi connectivity index (χ2v) is 6.03. The maximum Gasteiger partial charge on any atom is 0.00104 e. The van der Waals surface area contributed by atoms with Gasteiger partial charge in [0.1, 0.15) is 0 Å². The normalized spacial score (nSPS) is 19.9. The van der Waals surface area contributed by atoms with Crippen LogP contribution in [0.4, 0.5) is 0 Å². The lowest BCUT2D eigenvalue weighted by Crippen LogP contribution is -2.39. The predicted molar refractivity (Wildman–Crippen MR) is 71.8 cm³/mol. The molecule has 2 nitrogen and oxygen atoms in total. The summed E-state index contributed by atoms with van der Waals surface area (Å²) in [5, 5.41) is 3.56. The van der Waals surface area contributed by atoms with E-state index in [2.05, 4.69) is 37.9 Å². The summed E-state index contributed by atoms with van der Waals surface area (Å²) in [7, 11) is 0. The molecule has 0 aromatic rings. The van der Waals surface area contributed by atoms with Crippen LogP contribution in [-0.2, 0) is 0 Å². The van der Waals surface area contributed by atoms with E-state index in [4.69, 9.17) is 0 Å². The summed E-state index contributed by atoms with van der Waals surface area (Å²) in [5.74, 6) is 1.76. The Kier molecular flexibility index (Phi) is 6.37. The van der Waals surface area contributed by atoms with E-state index in [1.165, 1.54) is 45.4 Å². The van der Waals surface area contributed by atoms with E-state index in [0.717, 1.165) is 11.8 Å². The van der Waals surface area contributed by atoms with Gasteiger partial charge in [-0.2, -0.15) is 0 Å². The molecule has 0 atom stereocenters. The fourth-order valence-corrected chi connectivity index (χ4v) is 2.26. The molecule has 0 aromatic heterocycles. The third kappa shape index (κ3) is 5.86. The maximum atomic E-state index is 3.56. The number of nitrogens with zero attached hydrogens (tertiary/aromatic N) is 1. The first-order valence-corrected chi connectivity index (χ1v) is 7.03. The van der Waals surface area contributed by atoms with Gasteiger partial charge in [0.2, 0.25) is 0 Å². The zero-order valence-corrected chi connectivity index (χ0v) is 11.6. The van der Waals surface area contributed by atoms with Crippen LogP contribution in [0, 0.1) is 11.8 Å². The van der Waals surface area contributed by atoms with Crippen molar-refractivity contribution in [2.24, 2.45) is 11.8 Å². The zero-order chi connectivity index (χ0) is 12.0. The first kappa shape index (κ1) is 14.0. The van der Waals surface area contributed by atoms with E-state index in [1.807, 2.05) is 0 Å². The van der Waals surface area contributed by atoms with Crippen LogP contribution in [0.5, 0.6) is 0 Å². The predicted octanol–water partition coefficient (Wildman–Crippen LogP) is 2.74. The molecule has 0 aromatic carbocycles. The van der Waals surface area contributed by atoms with Crippen molar-refractivity contribution < 1.29 is 0 Å². The molecule has 0 bridgehead atoms. The lowest BCUT2D eigenvalue weighted by atomic mass is 9.96. The van der Waals surface area contributed by atoms with Gasteiger partial charge in [-0.05, 0) is 57.3 Å². The minimum absolute atomic E-state index is 0.638. The standard InChI is InChI=1S/C14H30N2/c1-12(2)5-8-16-9-6-14(7-10-16)11-15-13(3)4/h12-15H,5-11H2,1-4H3. The molecule has 1 N–H and O–H groups in total. The Morgan fingerprint density at radius 3 is 2.25 bits per heavy atom. The smallest absolute Gasteiger partial charge is 0.00104 e. The summed E-state index contributed by atoms with van der Waals surface area (Å²) < 4.78 is 0. The minimum Gasteiger partial charge on any atom is -0.314 e. The molecular formula is C14H30N2. The quantitative estimate of drug-likeness (QED) is 0.749. The number of hydrogen-bond donors (Lipinski definition) is 1. The summed E-state index contributed by atoms with van der Waals surface area (Å²) >= 11 is 0. The summed E-state index contributed by atoms with van der Waals surface area (Å²) in [6, 6.07) is 0.638. The molecule has 1 aliphatic heterocycles. The highest BCUT2D eigenvalue weighted by atomic mass is 15.1. The number of hydrogen-bond acceptors (Lipinski definition) is 2. The number of piperidine rings is 1. The third-order valence-corrected chi connectivity index (χ3v) is 3.54. The molecule has 16 heavy (non-hydrogen) atoms. The second kappa shape index (κ2) is 7.29. The molecule has 0 saturated carbocycles. The van der Waals surface area contributed by atoms with E-state index in [9.17, 15) is 0 Å². The van der Waals surface area contributed by atoms with Crippen molar-refractivity contribution in [3.8, 4) is 0 Å². The fraction of sp³-hybridized carbons (Fsp3) is 1.00. The van der Waals surface area contributed by atoms with Gasteiger partial charge in [-0.1, -0.05) is 27.7 Å². The van der Waals surface area contributed by atoms with E-state index in [0.29, 0.717) is 6.04 Å². The molecule has 0 amide bonds. The largest absolute Gasteiger partial charge is 0.314 e. The number of nitrogens with one attached hydrogen (secondary N) is 1. The molecule has 1 fully saturated rings. The summed E-state index contributed by atoms with van der Waals surface area (Å²) in [6.45, 7) is 14.3. The molecular weight excluding hydrogens is 196 g/mol. The third-order valence-electron chi connectivity index (χ3n) is 3.54. The average molecular weight is 226 g/mol. The Morgan fingerprint density at radius 2 is 1.75 bits per heavy atom. The van der Waals surface area contributed by atoms with Crippen LogP contribution in [0.25, 0.3) is 0 Å². The van der Waals surface area contributed by atoms with Crippen LogP contribution < -0.4 is 5.32 Å². The van der Waals surface area contributed by atoms with Crippen LogP contribution in [0.1, 0.15) is 47.0 Å². The van der Waals surface area contributed by atoms with Gasteiger partial charge in [0, 0.05) is 6.04 Å². The summed E-state index contributed by atoms with van der Waals surface area (Å²) in [5.41, 5.74) is 0. The average Bonchev–Trinajstić information content (AvgIpc) is 2.25. The molecule has 1 rings (SSSR count). The van der Waals surface area contributed by atoms with Gasteiger partial charge in [0.25, 0.3) is 0 Å². The first-order valence-electron chi connectivity index (χ1n) is 7.03. The topological polar surface area (TPSA) is 15.3 Å². The number of rotatable bonds is 6. The van der Waals surface area contributed by atoms with Crippen molar-refractivity contribution in [2.45, 2.75) is 53.0 Å². The van der Waals surface area contributed by atoms with Crippen molar-refractivity contribution in [2.75, 3.05) is 26.2 Å². The van der Waals surface area contributed by atoms with Crippen LogP contribution in [0.15, 0.2) is 0 Å². The second-order valence-electron chi connectivity index (χ2n) is 6.03. The molecule has 0 spiro atoms. The Hall–Kier alpha value is -0.0800. The number of likely N-dealkylation sites (tertiary alicyclic amines) is 1. The molecule has 0 aliphatic carbocycles. The molecule has 1 aliphatic rings.